The van der Waals surface area contributed by atoms with Crippen LogP contribution in [0, 0.1) is 5.41 Å². The van der Waals surface area contributed by atoms with Gasteiger partial charge in [0.25, 0.3) is 0 Å². The Kier molecular flexibility index (Phi) is 2.34. The van der Waals surface area contributed by atoms with Crippen LogP contribution < -0.4 is 4.90 Å². The van der Waals surface area contributed by atoms with Crippen LogP contribution in [0.5, 0.6) is 0 Å². The molecule has 1 fully saturated rings. The van der Waals surface area contributed by atoms with Crippen LogP contribution in [0.1, 0.15) is 42.1 Å². The van der Waals surface area contributed by atoms with Gasteiger partial charge in [-0.05, 0) is 43.0 Å². The van der Waals surface area contributed by atoms with Crippen LogP contribution >= 0.6 is 0 Å². The predicted octanol–water partition coefficient (Wildman–Crippen LogP) is 2.58. The highest BCUT2D eigenvalue weighted by Crippen LogP contribution is 2.47. The van der Waals surface area contributed by atoms with Crippen molar-refractivity contribution in [3.63, 3.8) is 0 Å². The summed E-state index contributed by atoms with van der Waals surface area (Å²) in [5, 5.41) is 0. The Labute approximate surface area is 107 Å². The molecule has 3 rings (SSSR count). The van der Waals surface area contributed by atoms with Crippen molar-refractivity contribution in [3.8, 4) is 0 Å². The Morgan fingerprint density at radius 2 is 2.00 bits per heavy atom. The number of Topliss-reactive ketones (excluding diaryl/α,β-unsaturated/α-hetero) is 1. The highest BCUT2D eigenvalue weighted by Gasteiger charge is 2.45. The Morgan fingerprint density at radius 1 is 1.28 bits per heavy atom. The van der Waals surface area contributed by atoms with Crippen molar-refractivity contribution in [1.29, 1.82) is 0 Å². The molecule has 1 aliphatic heterocycles. The van der Waals surface area contributed by atoms with Crippen LogP contribution in [0.4, 0.5) is 5.69 Å². The quantitative estimate of drug-likeness (QED) is 0.749. The molecule has 1 amide bonds. The molecule has 18 heavy (non-hydrogen) atoms. The third-order valence-electron chi connectivity index (χ3n) is 4.23. The smallest absolute Gasteiger partial charge is 0.227 e. The Hall–Kier alpha value is -1.64. The lowest BCUT2D eigenvalue weighted by molar-refractivity contribution is -0.118. The van der Waals surface area contributed by atoms with Gasteiger partial charge >= 0.3 is 0 Å². The summed E-state index contributed by atoms with van der Waals surface area (Å²) in [6.07, 6.45) is 3.29. The summed E-state index contributed by atoms with van der Waals surface area (Å²) in [5.74, 6) is 0.403. The number of anilines is 1. The molecule has 1 saturated carbocycles. The normalized spacial score (nSPS) is 20.6. The van der Waals surface area contributed by atoms with Gasteiger partial charge < -0.3 is 4.90 Å². The number of carbonyl (C=O) groups excluding carboxylic acids is 2. The van der Waals surface area contributed by atoms with Crippen molar-refractivity contribution in [1.82, 2.24) is 0 Å². The fourth-order valence-corrected chi connectivity index (χ4v) is 2.56. The van der Waals surface area contributed by atoms with Gasteiger partial charge in [0.1, 0.15) is 0 Å². The number of ketones is 1. The van der Waals surface area contributed by atoms with Crippen molar-refractivity contribution >= 4 is 17.4 Å². The third kappa shape index (κ3) is 1.65. The van der Waals surface area contributed by atoms with E-state index in [0.717, 1.165) is 36.1 Å². The van der Waals surface area contributed by atoms with E-state index in [9.17, 15) is 9.59 Å². The molecule has 1 aromatic rings. The van der Waals surface area contributed by atoms with Gasteiger partial charge in [0.05, 0.1) is 0 Å². The Bertz CT molecular complexity index is 543. The Morgan fingerprint density at radius 3 is 2.67 bits per heavy atom. The molecule has 0 saturated heterocycles. The van der Waals surface area contributed by atoms with Crippen LogP contribution in [0.3, 0.4) is 0 Å². The number of hydrogen-bond donors (Lipinski definition) is 0. The average molecular weight is 243 g/mol. The second-order valence-corrected chi connectivity index (χ2v) is 5.69. The number of aryl methyl sites for hydroxylation is 1. The first-order valence-electron chi connectivity index (χ1n) is 6.45. The number of carbonyl (C=O) groups is 2. The van der Waals surface area contributed by atoms with Crippen molar-refractivity contribution in [2.75, 3.05) is 11.9 Å². The van der Waals surface area contributed by atoms with E-state index in [1.807, 2.05) is 25.1 Å². The zero-order valence-electron chi connectivity index (χ0n) is 10.8. The maximum absolute atomic E-state index is 12.3. The fourth-order valence-electron chi connectivity index (χ4n) is 2.56. The molecule has 1 heterocycles. The molecule has 2 aliphatic rings. The monoisotopic (exact) mass is 243 g/mol. The van der Waals surface area contributed by atoms with Crippen LogP contribution in [0.2, 0.25) is 0 Å². The van der Waals surface area contributed by atoms with Gasteiger partial charge in [0, 0.05) is 30.1 Å². The summed E-state index contributed by atoms with van der Waals surface area (Å²) in [4.78, 5) is 25.6. The molecule has 0 unspecified atom stereocenters. The zero-order chi connectivity index (χ0) is 12.9. The zero-order valence-corrected chi connectivity index (χ0v) is 10.8. The summed E-state index contributed by atoms with van der Waals surface area (Å²) >= 11 is 0. The van der Waals surface area contributed by atoms with E-state index in [-0.39, 0.29) is 17.1 Å². The van der Waals surface area contributed by atoms with E-state index < -0.39 is 0 Å². The third-order valence-corrected chi connectivity index (χ3v) is 4.23. The second-order valence-electron chi connectivity index (χ2n) is 5.69. The van der Waals surface area contributed by atoms with E-state index in [1.165, 1.54) is 0 Å². The fraction of sp³-hybridized carbons (Fsp3) is 0.467. The number of nitrogens with zero attached hydrogens (tertiary/aromatic N) is 1. The molecular formula is C15H17NO2. The van der Waals surface area contributed by atoms with Gasteiger partial charge in [-0.3, -0.25) is 9.59 Å². The second kappa shape index (κ2) is 3.67. The predicted molar refractivity (Wildman–Crippen MR) is 69.8 cm³/mol. The molecule has 3 nitrogen and oxygen atoms in total. The van der Waals surface area contributed by atoms with Crippen LogP contribution in [-0.2, 0) is 11.2 Å². The maximum Gasteiger partial charge on any atom is 0.227 e. The maximum atomic E-state index is 12.3. The summed E-state index contributed by atoms with van der Waals surface area (Å²) < 4.78 is 0. The van der Waals surface area contributed by atoms with Gasteiger partial charge in [0.2, 0.25) is 5.91 Å². The van der Waals surface area contributed by atoms with E-state index in [4.69, 9.17) is 0 Å². The van der Waals surface area contributed by atoms with E-state index in [0.29, 0.717) is 6.42 Å². The molecule has 0 spiro atoms. The first-order valence-corrected chi connectivity index (χ1v) is 6.45. The van der Waals surface area contributed by atoms with Crippen LogP contribution in [0.25, 0.3) is 0 Å². The Balaban J connectivity index is 1.97. The van der Waals surface area contributed by atoms with E-state index in [1.54, 1.807) is 11.9 Å². The molecule has 0 bridgehead atoms. The molecule has 94 valence electrons. The van der Waals surface area contributed by atoms with Crippen molar-refractivity contribution < 1.29 is 9.59 Å². The van der Waals surface area contributed by atoms with Gasteiger partial charge in [-0.2, -0.15) is 0 Å². The molecule has 3 heteroatoms. The van der Waals surface area contributed by atoms with Gasteiger partial charge in [0.15, 0.2) is 5.78 Å². The van der Waals surface area contributed by atoms with Crippen LogP contribution in [-0.4, -0.2) is 18.7 Å². The van der Waals surface area contributed by atoms with E-state index in [2.05, 4.69) is 0 Å². The molecule has 0 aromatic heterocycles. The van der Waals surface area contributed by atoms with Crippen molar-refractivity contribution in [3.05, 3.63) is 29.3 Å². The molecule has 0 atom stereocenters. The summed E-state index contributed by atoms with van der Waals surface area (Å²) in [6, 6.07) is 5.75. The van der Waals surface area contributed by atoms with E-state index >= 15 is 0 Å². The largest absolute Gasteiger partial charge is 0.315 e. The van der Waals surface area contributed by atoms with Crippen LogP contribution in [0.15, 0.2) is 18.2 Å². The topological polar surface area (TPSA) is 37.4 Å². The lowest BCUT2D eigenvalue weighted by Gasteiger charge is -2.26. The minimum Gasteiger partial charge on any atom is -0.315 e. The highest BCUT2D eigenvalue weighted by atomic mass is 16.2. The average Bonchev–Trinajstić information content (AvgIpc) is 3.12. The SMILES string of the molecule is CN1C(=O)CCc2cc(C(=O)C3(C)CC3)ccc21. The minimum atomic E-state index is -0.120. The molecule has 1 aromatic carbocycles. The first-order chi connectivity index (χ1) is 8.51. The van der Waals surface area contributed by atoms with Crippen molar-refractivity contribution in [2.45, 2.75) is 32.6 Å². The first kappa shape index (κ1) is 11.5. The molecule has 0 N–H and O–H groups in total. The standard InChI is InChI=1S/C15H17NO2/c1-15(7-8-15)14(18)11-3-5-12-10(9-11)4-6-13(17)16(12)2/h3,5,9H,4,6-8H2,1-2H3. The molecule has 1 aliphatic carbocycles. The summed E-state index contributed by atoms with van der Waals surface area (Å²) in [7, 11) is 1.80. The highest BCUT2D eigenvalue weighted by molar-refractivity contribution is 6.03. The number of hydrogen-bond acceptors (Lipinski definition) is 2. The lowest BCUT2D eigenvalue weighted by atomic mass is 9.92. The summed E-state index contributed by atoms with van der Waals surface area (Å²) in [6.45, 7) is 2.03. The number of fused-ring (bicyclic) bond motifs is 1. The molecular weight excluding hydrogens is 226 g/mol. The lowest BCUT2D eigenvalue weighted by Crippen LogP contribution is -2.31. The number of rotatable bonds is 2. The summed E-state index contributed by atoms with van der Waals surface area (Å²) in [5.41, 5.74) is 2.75. The number of amides is 1. The molecule has 0 radical (unpaired) electrons. The number of benzene rings is 1. The van der Waals surface area contributed by atoms with Gasteiger partial charge in [-0.25, -0.2) is 0 Å². The minimum absolute atomic E-state index is 0.120. The van der Waals surface area contributed by atoms with Crippen molar-refractivity contribution in [2.24, 2.45) is 5.41 Å². The van der Waals surface area contributed by atoms with Gasteiger partial charge in [-0.1, -0.05) is 6.92 Å². The van der Waals surface area contributed by atoms with Gasteiger partial charge in [-0.15, -0.1) is 0 Å².